The standard InChI is InChI=1S/C20H25F3N2O3S/c1-3-5-15(25-28-4-2)19-16(26)10-13(11-17(19)27)8-9-29-18-7-6-14(12-24-18)20(21,22)23/h6-7,12-13,26H,3-5,8-11H2,1-2H3. The second kappa shape index (κ2) is 10.7. The molecule has 0 aromatic carbocycles. The molecule has 0 spiro atoms. The van der Waals surface area contributed by atoms with Gasteiger partial charge < -0.3 is 9.94 Å². The molecular formula is C20H25F3N2O3S. The number of pyridine rings is 1. The molecule has 0 fully saturated rings. The van der Waals surface area contributed by atoms with Crippen LogP contribution in [0.25, 0.3) is 0 Å². The van der Waals surface area contributed by atoms with E-state index in [9.17, 15) is 23.1 Å². The van der Waals surface area contributed by atoms with Gasteiger partial charge in [-0.25, -0.2) is 4.98 Å². The number of carbonyl (C=O) groups excluding carboxylic acids is 1. The van der Waals surface area contributed by atoms with Gasteiger partial charge in [0, 0.05) is 19.0 Å². The van der Waals surface area contributed by atoms with Crippen LogP contribution in [0, 0.1) is 5.92 Å². The van der Waals surface area contributed by atoms with Crippen LogP contribution in [0.3, 0.4) is 0 Å². The number of ketones is 1. The van der Waals surface area contributed by atoms with Gasteiger partial charge in [-0.1, -0.05) is 18.5 Å². The monoisotopic (exact) mass is 430 g/mol. The predicted molar refractivity (Wildman–Crippen MR) is 106 cm³/mol. The van der Waals surface area contributed by atoms with Gasteiger partial charge in [-0.15, -0.1) is 11.8 Å². The number of aliphatic hydroxyl groups excluding tert-OH is 1. The summed E-state index contributed by atoms with van der Waals surface area (Å²) in [5, 5.41) is 14.9. The second-order valence-electron chi connectivity index (χ2n) is 6.74. The molecule has 1 N–H and O–H groups in total. The van der Waals surface area contributed by atoms with E-state index in [1.165, 1.54) is 17.8 Å². The van der Waals surface area contributed by atoms with E-state index in [-0.39, 0.29) is 23.0 Å². The number of allylic oxidation sites excluding steroid dienone is 2. The topological polar surface area (TPSA) is 71.8 Å². The Morgan fingerprint density at radius 3 is 2.66 bits per heavy atom. The summed E-state index contributed by atoms with van der Waals surface area (Å²) < 4.78 is 37.7. The van der Waals surface area contributed by atoms with E-state index in [1.54, 1.807) is 6.92 Å². The van der Waals surface area contributed by atoms with Crippen molar-refractivity contribution in [2.75, 3.05) is 12.4 Å². The molecule has 0 bridgehead atoms. The van der Waals surface area contributed by atoms with E-state index in [4.69, 9.17) is 4.84 Å². The average Bonchev–Trinajstić information content (AvgIpc) is 2.65. The summed E-state index contributed by atoms with van der Waals surface area (Å²) in [6.45, 7) is 4.14. The van der Waals surface area contributed by atoms with E-state index in [2.05, 4.69) is 10.1 Å². The molecule has 1 unspecified atom stereocenters. The van der Waals surface area contributed by atoms with Gasteiger partial charge in [-0.2, -0.15) is 13.2 Å². The number of hydrogen-bond acceptors (Lipinski definition) is 6. The highest BCUT2D eigenvalue weighted by atomic mass is 32.2. The fraction of sp³-hybridized carbons (Fsp3) is 0.550. The van der Waals surface area contributed by atoms with Gasteiger partial charge in [0.2, 0.25) is 0 Å². The van der Waals surface area contributed by atoms with Crippen molar-refractivity contribution < 1.29 is 27.9 Å². The lowest BCUT2D eigenvalue weighted by Crippen LogP contribution is -2.25. The molecule has 0 saturated carbocycles. The van der Waals surface area contributed by atoms with Crippen molar-refractivity contribution in [2.45, 2.75) is 57.2 Å². The molecule has 29 heavy (non-hydrogen) atoms. The zero-order valence-corrected chi connectivity index (χ0v) is 17.3. The Hall–Kier alpha value is -2.03. The molecular weight excluding hydrogens is 405 g/mol. The van der Waals surface area contributed by atoms with E-state index in [0.717, 1.165) is 18.7 Å². The van der Waals surface area contributed by atoms with Crippen LogP contribution in [0.5, 0.6) is 0 Å². The zero-order valence-electron chi connectivity index (χ0n) is 16.5. The van der Waals surface area contributed by atoms with Crippen molar-refractivity contribution in [2.24, 2.45) is 11.1 Å². The number of Topliss-reactive ketones (excluding diaryl/α,β-unsaturated/α-hetero) is 1. The Labute approximate surface area is 172 Å². The normalized spacial score (nSPS) is 18.3. The molecule has 1 atom stereocenters. The fourth-order valence-corrected chi connectivity index (χ4v) is 4.02. The first-order valence-corrected chi connectivity index (χ1v) is 10.5. The van der Waals surface area contributed by atoms with Gasteiger partial charge in [0.1, 0.15) is 12.4 Å². The quantitative estimate of drug-likeness (QED) is 0.315. The summed E-state index contributed by atoms with van der Waals surface area (Å²) in [7, 11) is 0. The van der Waals surface area contributed by atoms with Gasteiger partial charge in [0.15, 0.2) is 5.78 Å². The molecule has 5 nitrogen and oxygen atoms in total. The van der Waals surface area contributed by atoms with Crippen LogP contribution >= 0.6 is 11.8 Å². The highest BCUT2D eigenvalue weighted by Gasteiger charge is 2.31. The lowest BCUT2D eigenvalue weighted by Gasteiger charge is -2.23. The first-order valence-electron chi connectivity index (χ1n) is 9.56. The molecule has 0 aliphatic heterocycles. The van der Waals surface area contributed by atoms with E-state index >= 15 is 0 Å². The minimum Gasteiger partial charge on any atom is -0.511 e. The molecule has 1 aromatic rings. The molecule has 1 aromatic heterocycles. The van der Waals surface area contributed by atoms with E-state index in [0.29, 0.717) is 48.8 Å². The number of nitrogens with zero attached hydrogens (tertiary/aromatic N) is 2. The maximum Gasteiger partial charge on any atom is 0.417 e. The van der Waals surface area contributed by atoms with Gasteiger partial charge >= 0.3 is 6.18 Å². The van der Waals surface area contributed by atoms with Crippen LogP contribution in [-0.4, -0.2) is 33.9 Å². The zero-order chi connectivity index (χ0) is 21.4. The lowest BCUT2D eigenvalue weighted by molar-refractivity contribution is -0.137. The Morgan fingerprint density at radius 1 is 1.34 bits per heavy atom. The van der Waals surface area contributed by atoms with Crippen LogP contribution in [0.15, 0.2) is 39.8 Å². The van der Waals surface area contributed by atoms with E-state index in [1.807, 2.05) is 6.92 Å². The van der Waals surface area contributed by atoms with E-state index < -0.39 is 11.7 Å². The molecule has 2 rings (SSSR count). The summed E-state index contributed by atoms with van der Waals surface area (Å²) in [6.07, 6.45) is -0.946. The van der Waals surface area contributed by atoms with Gasteiger partial charge in [0.25, 0.3) is 0 Å². The number of alkyl halides is 3. The molecule has 9 heteroatoms. The van der Waals surface area contributed by atoms with Crippen molar-refractivity contribution in [3.05, 3.63) is 35.2 Å². The number of thioether (sulfide) groups is 1. The predicted octanol–water partition coefficient (Wildman–Crippen LogP) is 5.57. The smallest absolute Gasteiger partial charge is 0.417 e. The largest absolute Gasteiger partial charge is 0.511 e. The highest BCUT2D eigenvalue weighted by Crippen LogP contribution is 2.32. The van der Waals surface area contributed by atoms with Crippen molar-refractivity contribution in [1.82, 2.24) is 4.98 Å². The molecule has 1 aliphatic carbocycles. The Morgan fingerprint density at radius 2 is 2.10 bits per heavy atom. The molecule has 0 radical (unpaired) electrons. The SMILES string of the molecule is CCCC(=NOCC)C1=C(O)CC(CCSc2ccc(C(F)(F)F)cn2)CC1=O. The van der Waals surface area contributed by atoms with Crippen molar-refractivity contribution in [3.8, 4) is 0 Å². The summed E-state index contributed by atoms with van der Waals surface area (Å²) in [4.78, 5) is 21.5. The van der Waals surface area contributed by atoms with Crippen LogP contribution in [0.2, 0.25) is 0 Å². The maximum atomic E-state index is 12.6. The number of carbonyl (C=O) groups is 1. The van der Waals surface area contributed by atoms with Gasteiger partial charge in [-0.3, -0.25) is 4.79 Å². The average molecular weight is 430 g/mol. The Bertz CT molecular complexity index is 761. The van der Waals surface area contributed by atoms with Crippen molar-refractivity contribution in [3.63, 3.8) is 0 Å². The first kappa shape index (κ1) is 23.3. The summed E-state index contributed by atoms with van der Waals surface area (Å²) in [6, 6.07) is 2.35. The molecule has 0 saturated heterocycles. The minimum absolute atomic E-state index is 0.0248. The lowest BCUT2D eigenvalue weighted by atomic mass is 9.83. The van der Waals surface area contributed by atoms with Crippen molar-refractivity contribution >= 4 is 23.3 Å². The number of hydrogen-bond donors (Lipinski definition) is 1. The van der Waals surface area contributed by atoms with Crippen molar-refractivity contribution in [1.29, 1.82) is 0 Å². The molecule has 160 valence electrons. The summed E-state index contributed by atoms with van der Waals surface area (Å²) in [5.74, 6) is 0.454. The minimum atomic E-state index is -4.40. The maximum absolute atomic E-state index is 12.6. The van der Waals surface area contributed by atoms with Crippen LogP contribution in [0.4, 0.5) is 13.2 Å². The Kier molecular flexibility index (Phi) is 8.55. The number of oxime groups is 1. The van der Waals surface area contributed by atoms with Crippen LogP contribution < -0.4 is 0 Å². The highest BCUT2D eigenvalue weighted by molar-refractivity contribution is 7.99. The molecule has 0 amide bonds. The summed E-state index contributed by atoms with van der Waals surface area (Å²) in [5.41, 5.74) is -0.0221. The molecule has 1 aliphatic rings. The number of aliphatic hydroxyl groups is 1. The summed E-state index contributed by atoms with van der Waals surface area (Å²) >= 11 is 1.33. The third kappa shape index (κ3) is 6.76. The van der Waals surface area contributed by atoms with Crippen LogP contribution in [-0.2, 0) is 15.8 Å². The third-order valence-corrected chi connectivity index (χ3v) is 5.42. The van der Waals surface area contributed by atoms with Gasteiger partial charge in [-0.05, 0) is 43.6 Å². The number of aromatic nitrogens is 1. The molecule has 1 heterocycles. The third-order valence-electron chi connectivity index (χ3n) is 4.44. The second-order valence-corrected chi connectivity index (χ2v) is 7.86. The fourth-order valence-electron chi connectivity index (χ4n) is 3.06. The first-order chi connectivity index (χ1) is 13.8. The number of rotatable bonds is 9. The van der Waals surface area contributed by atoms with Crippen LogP contribution in [0.1, 0.15) is 51.5 Å². The van der Waals surface area contributed by atoms with Gasteiger partial charge in [0.05, 0.1) is 21.9 Å². The number of halogens is 3. The Balaban J connectivity index is 1.94.